The summed E-state index contributed by atoms with van der Waals surface area (Å²) in [6.45, 7) is 1.42. The smallest absolute Gasteiger partial charge is 0.261 e. The van der Waals surface area contributed by atoms with E-state index in [1.54, 1.807) is 12.1 Å². The first kappa shape index (κ1) is 16.8. The molecule has 0 aliphatic rings. The number of H-pyrrole nitrogens is 1. The van der Waals surface area contributed by atoms with Crippen molar-refractivity contribution in [2.45, 2.75) is 11.8 Å². The lowest BCUT2D eigenvalue weighted by Crippen LogP contribution is -2.13. The van der Waals surface area contributed by atoms with Crippen LogP contribution in [-0.4, -0.2) is 19.2 Å². The highest BCUT2D eigenvalue weighted by molar-refractivity contribution is 7.92. The van der Waals surface area contributed by atoms with Gasteiger partial charge < -0.3 is 4.98 Å². The largest absolute Gasteiger partial charge is 0.358 e. The van der Waals surface area contributed by atoms with Crippen molar-refractivity contribution >= 4 is 55.6 Å². The fourth-order valence-corrected chi connectivity index (χ4v) is 3.96. The lowest BCUT2D eigenvalue weighted by atomic mass is 10.2. The molecule has 0 atom stereocenters. The third-order valence-corrected chi connectivity index (χ3v) is 5.55. The van der Waals surface area contributed by atoms with Gasteiger partial charge >= 0.3 is 0 Å². The van der Waals surface area contributed by atoms with Crippen LogP contribution in [-0.2, 0) is 10.0 Å². The van der Waals surface area contributed by atoms with Gasteiger partial charge in [0.1, 0.15) is 0 Å². The van der Waals surface area contributed by atoms with Crippen molar-refractivity contribution in [3.05, 3.63) is 58.2 Å². The van der Waals surface area contributed by atoms with E-state index in [0.29, 0.717) is 32.2 Å². The highest BCUT2D eigenvalue weighted by Crippen LogP contribution is 2.35. The van der Waals surface area contributed by atoms with E-state index < -0.39 is 10.0 Å². The maximum Gasteiger partial charge on any atom is 0.261 e. The Hall–Kier alpha value is -2.02. The number of carbonyl (C=O) groups excluding carboxylic acids is 1. The zero-order chi connectivity index (χ0) is 17.5. The number of hydrogen-bond acceptors (Lipinski definition) is 3. The predicted molar refractivity (Wildman–Crippen MR) is 95.6 cm³/mol. The second kappa shape index (κ2) is 6.12. The van der Waals surface area contributed by atoms with Crippen LogP contribution >= 0.6 is 23.2 Å². The van der Waals surface area contributed by atoms with Gasteiger partial charge in [0.05, 0.1) is 26.1 Å². The van der Waals surface area contributed by atoms with E-state index in [2.05, 4.69) is 9.71 Å². The van der Waals surface area contributed by atoms with E-state index in [1.165, 1.54) is 37.4 Å². The number of aromatic nitrogens is 1. The first-order valence-corrected chi connectivity index (χ1v) is 9.12. The molecular formula is C16H12Cl2N2O3S. The molecule has 0 bridgehead atoms. The van der Waals surface area contributed by atoms with Gasteiger partial charge in [0.15, 0.2) is 5.78 Å². The van der Waals surface area contributed by atoms with Gasteiger partial charge in [-0.1, -0.05) is 35.3 Å². The highest BCUT2D eigenvalue weighted by Gasteiger charge is 2.18. The SMILES string of the molecule is CC(=O)c1ccc(S(=O)(=O)Nc2ccc(Cl)c3c(Cl)c[nH]c23)cc1. The normalized spacial score (nSPS) is 11.6. The van der Waals surface area contributed by atoms with Crippen molar-refractivity contribution < 1.29 is 13.2 Å². The number of benzene rings is 2. The topological polar surface area (TPSA) is 79.0 Å². The number of aromatic amines is 1. The van der Waals surface area contributed by atoms with E-state index in [-0.39, 0.29) is 10.7 Å². The summed E-state index contributed by atoms with van der Waals surface area (Å²) in [5, 5.41) is 1.37. The van der Waals surface area contributed by atoms with Crippen LogP contribution < -0.4 is 4.72 Å². The molecule has 2 N–H and O–H groups in total. The minimum absolute atomic E-state index is 0.0493. The molecule has 3 rings (SSSR count). The number of hydrogen-bond donors (Lipinski definition) is 2. The quantitative estimate of drug-likeness (QED) is 0.652. The van der Waals surface area contributed by atoms with Crippen molar-refractivity contribution in [3.63, 3.8) is 0 Å². The molecule has 0 aliphatic carbocycles. The number of rotatable bonds is 4. The van der Waals surface area contributed by atoms with Gasteiger partial charge in [-0.05, 0) is 31.2 Å². The molecule has 0 saturated heterocycles. The Morgan fingerprint density at radius 3 is 2.33 bits per heavy atom. The summed E-state index contributed by atoms with van der Waals surface area (Å²) in [6, 6.07) is 8.83. The van der Waals surface area contributed by atoms with Gasteiger partial charge in [-0.15, -0.1) is 0 Å². The van der Waals surface area contributed by atoms with Gasteiger partial charge in [0.2, 0.25) is 0 Å². The molecule has 5 nitrogen and oxygen atoms in total. The van der Waals surface area contributed by atoms with Crippen LogP contribution in [0.15, 0.2) is 47.5 Å². The van der Waals surface area contributed by atoms with Crippen LogP contribution in [0.25, 0.3) is 10.9 Å². The molecule has 0 amide bonds. The Kier molecular flexibility index (Phi) is 4.29. The average Bonchev–Trinajstić information content (AvgIpc) is 2.93. The van der Waals surface area contributed by atoms with Crippen LogP contribution in [0.3, 0.4) is 0 Å². The predicted octanol–water partition coefficient (Wildman–Crippen LogP) is 4.48. The first-order valence-electron chi connectivity index (χ1n) is 6.88. The van der Waals surface area contributed by atoms with Crippen molar-refractivity contribution in [3.8, 4) is 0 Å². The Labute approximate surface area is 148 Å². The number of sulfonamides is 1. The molecule has 0 radical (unpaired) electrons. The van der Waals surface area contributed by atoms with Crippen molar-refractivity contribution in [1.82, 2.24) is 4.98 Å². The summed E-state index contributed by atoms with van der Waals surface area (Å²) in [5.74, 6) is -0.132. The third kappa shape index (κ3) is 3.00. The molecule has 124 valence electrons. The lowest BCUT2D eigenvalue weighted by Gasteiger charge is -2.10. The molecule has 0 saturated carbocycles. The van der Waals surface area contributed by atoms with Crippen LogP contribution in [0.5, 0.6) is 0 Å². The summed E-state index contributed by atoms with van der Waals surface area (Å²) < 4.78 is 27.6. The number of nitrogens with one attached hydrogen (secondary N) is 2. The number of halogens is 2. The molecule has 8 heteroatoms. The van der Waals surface area contributed by atoms with Crippen LogP contribution in [0.1, 0.15) is 17.3 Å². The second-order valence-corrected chi connectivity index (χ2v) is 7.66. The number of anilines is 1. The Bertz CT molecular complexity index is 1040. The molecule has 0 aliphatic heterocycles. The lowest BCUT2D eigenvalue weighted by molar-refractivity contribution is 0.101. The maximum absolute atomic E-state index is 12.5. The summed E-state index contributed by atoms with van der Waals surface area (Å²) in [7, 11) is -3.82. The van der Waals surface area contributed by atoms with Crippen molar-refractivity contribution in [2.75, 3.05) is 4.72 Å². The second-order valence-electron chi connectivity index (χ2n) is 5.17. The molecular weight excluding hydrogens is 371 g/mol. The molecule has 24 heavy (non-hydrogen) atoms. The summed E-state index contributed by atoms with van der Waals surface area (Å²) in [4.78, 5) is 14.2. The average molecular weight is 383 g/mol. The van der Waals surface area contributed by atoms with Gasteiger partial charge in [0.25, 0.3) is 10.0 Å². The molecule has 1 aromatic heterocycles. The monoisotopic (exact) mass is 382 g/mol. The third-order valence-electron chi connectivity index (χ3n) is 3.55. The minimum Gasteiger partial charge on any atom is -0.358 e. The van der Waals surface area contributed by atoms with E-state index in [1.807, 2.05) is 0 Å². The summed E-state index contributed by atoms with van der Waals surface area (Å²) >= 11 is 12.2. The number of Topliss-reactive ketones (excluding diaryl/α,β-unsaturated/α-hetero) is 1. The van der Waals surface area contributed by atoms with Crippen molar-refractivity contribution in [2.24, 2.45) is 0 Å². The molecule has 3 aromatic rings. The summed E-state index contributed by atoms with van der Waals surface area (Å²) in [6.07, 6.45) is 1.54. The van der Waals surface area contributed by atoms with E-state index >= 15 is 0 Å². The Balaban J connectivity index is 2.01. The van der Waals surface area contributed by atoms with Gasteiger partial charge in [0, 0.05) is 17.1 Å². The summed E-state index contributed by atoms with van der Waals surface area (Å²) in [5.41, 5.74) is 1.27. The van der Waals surface area contributed by atoms with E-state index in [4.69, 9.17) is 23.2 Å². The van der Waals surface area contributed by atoms with E-state index in [0.717, 1.165) is 0 Å². The van der Waals surface area contributed by atoms with Crippen molar-refractivity contribution in [1.29, 1.82) is 0 Å². The first-order chi connectivity index (χ1) is 11.3. The van der Waals surface area contributed by atoms with Gasteiger partial charge in [-0.25, -0.2) is 8.42 Å². The molecule has 0 spiro atoms. The highest BCUT2D eigenvalue weighted by atomic mass is 35.5. The standard InChI is InChI=1S/C16H12Cl2N2O3S/c1-9(21)10-2-4-11(5-3-10)24(22,23)20-14-7-6-12(17)15-13(18)8-19-16(14)15/h2-8,19-20H,1H3. The zero-order valence-corrected chi connectivity index (χ0v) is 14.8. The fraction of sp³-hybridized carbons (Fsp3) is 0.0625. The molecule has 0 fully saturated rings. The molecule has 0 unspecified atom stereocenters. The zero-order valence-electron chi connectivity index (χ0n) is 12.4. The number of carbonyl (C=O) groups is 1. The maximum atomic E-state index is 12.5. The molecule has 2 aromatic carbocycles. The molecule has 1 heterocycles. The van der Waals surface area contributed by atoms with Crippen LogP contribution in [0, 0.1) is 0 Å². The Morgan fingerprint density at radius 1 is 1.04 bits per heavy atom. The van der Waals surface area contributed by atoms with Gasteiger partial charge in [-0.3, -0.25) is 9.52 Å². The van der Waals surface area contributed by atoms with E-state index in [9.17, 15) is 13.2 Å². The van der Waals surface area contributed by atoms with Crippen LogP contribution in [0.4, 0.5) is 5.69 Å². The fourth-order valence-electron chi connectivity index (χ4n) is 2.33. The number of fused-ring (bicyclic) bond motifs is 1. The number of ketones is 1. The van der Waals surface area contributed by atoms with Gasteiger partial charge in [-0.2, -0.15) is 0 Å². The minimum atomic E-state index is -3.82. The Morgan fingerprint density at radius 2 is 1.71 bits per heavy atom. The van der Waals surface area contributed by atoms with Crippen LogP contribution in [0.2, 0.25) is 10.0 Å².